The number of para-hydroxylation sites is 1. The van der Waals surface area contributed by atoms with Crippen LogP contribution >= 0.6 is 0 Å². The Labute approximate surface area is 151 Å². The molecule has 7 heteroatoms. The number of anilines is 2. The summed E-state index contributed by atoms with van der Waals surface area (Å²) in [5, 5.41) is 5.97. The van der Waals surface area contributed by atoms with Crippen molar-refractivity contribution in [3.8, 4) is 0 Å². The molecule has 2 aliphatic heterocycles. The molecule has 1 aromatic carbocycles. The molecule has 0 bridgehead atoms. The first kappa shape index (κ1) is 16.5. The van der Waals surface area contributed by atoms with Gasteiger partial charge in [0.2, 0.25) is 17.8 Å². The topological polar surface area (TPSA) is 87.2 Å². The summed E-state index contributed by atoms with van der Waals surface area (Å²) >= 11 is 0. The number of nitrogens with one attached hydrogen (secondary N) is 2. The number of nitrogens with zero attached hydrogens (tertiary/aromatic N) is 3. The van der Waals surface area contributed by atoms with Crippen molar-refractivity contribution in [2.24, 2.45) is 0 Å². The van der Waals surface area contributed by atoms with E-state index in [1.807, 2.05) is 24.3 Å². The molecule has 4 rings (SSSR count). The van der Waals surface area contributed by atoms with Gasteiger partial charge in [0.25, 0.3) is 0 Å². The maximum Gasteiger partial charge on any atom is 0.228 e. The summed E-state index contributed by atoms with van der Waals surface area (Å²) in [5.74, 6) is 0.0390. The zero-order chi connectivity index (χ0) is 17.9. The molecular weight excluding hydrogens is 330 g/mol. The van der Waals surface area contributed by atoms with E-state index < -0.39 is 5.92 Å². The monoisotopic (exact) mass is 351 g/mol. The van der Waals surface area contributed by atoms with Gasteiger partial charge in [0, 0.05) is 43.6 Å². The number of fused-ring (bicyclic) bond motifs is 1. The molecule has 1 saturated heterocycles. The second-order valence-corrected chi connectivity index (χ2v) is 6.73. The molecule has 134 valence electrons. The molecular formula is C19H21N5O2. The van der Waals surface area contributed by atoms with Crippen LogP contribution in [0.5, 0.6) is 0 Å². The van der Waals surface area contributed by atoms with Crippen molar-refractivity contribution in [2.75, 3.05) is 23.3 Å². The Morgan fingerprint density at radius 2 is 2.00 bits per heavy atom. The molecule has 2 N–H and O–H groups in total. The Bertz CT molecular complexity index is 811. The fraction of sp³-hybridized carbons (Fsp3) is 0.368. The van der Waals surface area contributed by atoms with Gasteiger partial charge in [0.15, 0.2) is 0 Å². The molecule has 1 aromatic heterocycles. The van der Waals surface area contributed by atoms with Crippen molar-refractivity contribution in [2.45, 2.75) is 31.2 Å². The molecule has 26 heavy (non-hydrogen) atoms. The molecule has 2 aliphatic rings. The quantitative estimate of drug-likeness (QED) is 0.879. The summed E-state index contributed by atoms with van der Waals surface area (Å²) in [6, 6.07) is 9.31. The zero-order valence-corrected chi connectivity index (χ0v) is 14.4. The SMILES string of the molecule is O=C1CC(C(=O)NC2CCCN(c3ncccn3)C2)c2ccccc2N1. The average molecular weight is 351 g/mol. The zero-order valence-electron chi connectivity index (χ0n) is 14.4. The Balaban J connectivity index is 1.46. The van der Waals surface area contributed by atoms with Crippen LogP contribution in [0.2, 0.25) is 0 Å². The Morgan fingerprint density at radius 1 is 1.19 bits per heavy atom. The molecule has 0 aliphatic carbocycles. The van der Waals surface area contributed by atoms with Crippen molar-refractivity contribution < 1.29 is 9.59 Å². The summed E-state index contributed by atoms with van der Waals surface area (Å²) in [7, 11) is 0. The van der Waals surface area contributed by atoms with Crippen LogP contribution in [-0.4, -0.2) is 40.9 Å². The fourth-order valence-electron chi connectivity index (χ4n) is 3.68. The van der Waals surface area contributed by atoms with Crippen LogP contribution in [0.15, 0.2) is 42.7 Å². The molecule has 0 spiro atoms. The standard InChI is InChI=1S/C19H21N5O2/c25-17-11-15(14-6-1-2-7-16(14)23-17)18(26)22-13-5-3-10-24(12-13)19-20-8-4-9-21-19/h1-2,4,6-9,13,15H,3,5,10-12H2,(H,22,26)(H,23,25). The first-order valence-electron chi connectivity index (χ1n) is 8.92. The van der Waals surface area contributed by atoms with Crippen molar-refractivity contribution in [1.29, 1.82) is 0 Å². The first-order chi connectivity index (χ1) is 12.7. The number of piperidine rings is 1. The maximum atomic E-state index is 12.9. The molecule has 0 radical (unpaired) electrons. The van der Waals surface area contributed by atoms with Gasteiger partial charge in [-0.3, -0.25) is 9.59 Å². The molecule has 7 nitrogen and oxygen atoms in total. The van der Waals surface area contributed by atoms with Crippen LogP contribution in [0.3, 0.4) is 0 Å². The molecule has 2 atom stereocenters. The Morgan fingerprint density at radius 3 is 2.85 bits per heavy atom. The third-order valence-electron chi connectivity index (χ3n) is 4.92. The molecule has 0 saturated carbocycles. The molecule has 2 aromatic rings. The van der Waals surface area contributed by atoms with Gasteiger partial charge in [0.1, 0.15) is 0 Å². The molecule has 3 heterocycles. The van der Waals surface area contributed by atoms with Crippen molar-refractivity contribution in [3.05, 3.63) is 48.3 Å². The highest BCUT2D eigenvalue weighted by Crippen LogP contribution is 2.32. The van der Waals surface area contributed by atoms with Crippen LogP contribution in [-0.2, 0) is 9.59 Å². The lowest BCUT2D eigenvalue weighted by molar-refractivity contribution is -0.126. The fourth-order valence-corrected chi connectivity index (χ4v) is 3.68. The van der Waals surface area contributed by atoms with E-state index >= 15 is 0 Å². The second-order valence-electron chi connectivity index (χ2n) is 6.73. The van der Waals surface area contributed by atoms with Crippen molar-refractivity contribution >= 4 is 23.5 Å². The predicted molar refractivity (Wildman–Crippen MR) is 97.8 cm³/mol. The number of rotatable bonds is 3. The van der Waals surface area contributed by atoms with Crippen molar-refractivity contribution in [1.82, 2.24) is 15.3 Å². The van der Waals surface area contributed by atoms with Gasteiger partial charge >= 0.3 is 0 Å². The lowest BCUT2D eigenvalue weighted by atomic mass is 9.89. The van der Waals surface area contributed by atoms with E-state index in [-0.39, 0.29) is 24.3 Å². The smallest absolute Gasteiger partial charge is 0.228 e. The van der Waals surface area contributed by atoms with E-state index in [4.69, 9.17) is 0 Å². The third kappa shape index (κ3) is 3.37. The van der Waals surface area contributed by atoms with Gasteiger partial charge in [-0.15, -0.1) is 0 Å². The number of carbonyl (C=O) groups excluding carboxylic acids is 2. The molecule has 2 amide bonds. The van der Waals surface area contributed by atoms with E-state index in [0.717, 1.165) is 30.6 Å². The highest BCUT2D eigenvalue weighted by molar-refractivity contribution is 6.01. The highest BCUT2D eigenvalue weighted by atomic mass is 16.2. The van der Waals surface area contributed by atoms with Gasteiger partial charge in [-0.25, -0.2) is 9.97 Å². The van der Waals surface area contributed by atoms with Crippen LogP contribution in [0.4, 0.5) is 11.6 Å². The lowest BCUT2D eigenvalue weighted by Crippen LogP contribution is -2.50. The number of carbonyl (C=O) groups is 2. The number of hydrogen-bond donors (Lipinski definition) is 2. The van der Waals surface area contributed by atoms with Crippen LogP contribution in [0.25, 0.3) is 0 Å². The third-order valence-corrected chi connectivity index (χ3v) is 4.92. The summed E-state index contributed by atoms with van der Waals surface area (Å²) in [4.78, 5) is 35.5. The Kier molecular flexibility index (Phi) is 4.51. The largest absolute Gasteiger partial charge is 0.351 e. The predicted octanol–water partition coefficient (Wildman–Crippen LogP) is 1.69. The lowest BCUT2D eigenvalue weighted by Gasteiger charge is -2.34. The molecule has 1 fully saturated rings. The first-order valence-corrected chi connectivity index (χ1v) is 8.92. The summed E-state index contributed by atoms with van der Waals surface area (Å²) in [5.41, 5.74) is 1.61. The minimum atomic E-state index is -0.441. The van der Waals surface area contributed by atoms with E-state index in [1.54, 1.807) is 18.5 Å². The van der Waals surface area contributed by atoms with Gasteiger partial charge in [-0.2, -0.15) is 0 Å². The second kappa shape index (κ2) is 7.11. The normalized spacial score (nSPS) is 22.3. The average Bonchev–Trinajstić information content (AvgIpc) is 2.68. The van der Waals surface area contributed by atoms with Gasteiger partial charge < -0.3 is 15.5 Å². The van der Waals surface area contributed by atoms with Crippen LogP contribution < -0.4 is 15.5 Å². The number of amides is 2. The number of hydrogen-bond acceptors (Lipinski definition) is 5. The minimum absolute atomic E-state index is 0.0252. The molecule has 2 unspecified atom stereocenters. The van der Waals surface area contributed by atoms with Crippen molar-refractivity contribution in [3.63, 3.8) is 0 Å². The summed E-state index contributed by atoms with van der Waals surface area (Å²) < 4.78 is 0. The van der Waals surface area contributed by atoms with Crippen LogP contribution in [0.1, 0.15) is 30.7 Å². The van der Waals surface area contributed by atoms with E-state index in [0.29, 0.717) is 12.5 Å². The number of benzene rings is 1. The Hall–Kier alpha value is -2.96. The van der Waals surface area contributed by atoms with Gasteiger partial charge in [-0.05, 0) is 30.5 Å². The van der Waals surface area contributed by atoms with E-state index in [1.165, 1.54) is 0 Å². The van der Waals surface area contributed by atoms with Crippen LogP contribution in [0, 0.1) is 0 Å². The van der Waals surface area contributed by atoms with E-state index in [9.17, 15) is 9.59 Å². The van der Waals surface area contributed by atoms with Gasteiger partial charge in [0.05, 0.1) is 5.92 Å². The summed E-state index contributed by atoms with van der Waals surface area (Å²) in [6.07, 6.45) is 5.51. The highest BCUT2D eigenvalue weighted by Gasteiger charge is 2.32. The number of aromatic nitrogens is 2. The van der Waals surface area contributed by atoms with E-state index in [2.05, 4.69) is 25.5 Å². The summed E-state index contributed by atoms with van der Waals surface area (Å²) in [6.45, 7) is 1.56. The maximum absolute atomic E-state index is 12.9. The minimum Gasteiger partial charge on any atom is -0.351 e. The van der Waals surface area contributed by atoms with Gasteiger partial charge in [-0.1, -0.05) is 18.2 Å².